The SMILES string of the molecule is COC(=O)c1ccc(F)c2c1[nH]c1cc(Br)cnc12. The molecule has 0 aliphatic heterocycles. The molecule has 1 N–H and O–H groups in total. The zero-order chi connectivity index (χ0) is 13.6. The first-order chi connectivity index (χ1) is 9.11. The second kappa shape index (κ2) is 4.31. The smallest absolute Gasteiger partial charge is 0.340 e. The Morgan fingerprint density at radius 1 is 1.47 bits per heavy atom. The van der Waals surface area contributed by atoms with E-state index in [1.54, 1.807) is 12.3 Å². The highest BCUT2D eigenvalue weighted by molar-refractivity contribution is 9.10. The fourth-order valence-electron chi connectivity index (χ4n) is 2.09. The highest BCUT2D eigenvalue weighted by atomic mass is 79.9. The molecule has 0 atom stereocenters. The summed E-state index contributed by atoms with van der Waals surface area (Å²) in [4.78, 5) is 18.9. The fraction of sp³-hybridized carbons (Fsp3) is 0.0769. The lowest BCUT2D eigenvalue weighted by molar-refractivity contribution is 0.0603. The van der Waals surface area contributed by atoms with Gasteiger partial charge in [0, 0.05) is 10.7 Å². The number of benzene rings is 1. The summed E-state index contributed by atoms with van der Waals surface area (Å²) in [6.45, 7) is 0. The van der Waals surface area contributed by atoms with Gasteiger partial charge in [-0.1, -0.05) is 0 Å². The predicted molar refractivity (Wildman–Crippen MR) is 72.6 cm³/mol. The topological polar surface area (TPSA) is 55.0 Å². The number of halogens is 2. The van der Waals surface area contributed by atoms with E-state index in [1.165, 1.54) is 19.2 Å². The van der Waals surface area contributed by atoms with E-state index in [1.807, 2.05) is 0 Å². The summed E-state index contributed by atoms with van der Waals surface area (Å²) in [5, 5.41) is 0.297. The van der Waals surface area contributed by atoms with Gasteiger partial charge >= 0.3 is 5.97 Å². The van der Waals surface area contributed by atoms with Gasteiger partial charge in [-0.15, -0.1) is 0 Å². The lowest BCUT2D eigenvalue weighted by Gasteiger charge is -2.01. The summed E-state index contributed by atoms with van der Waals surface area (Å²) in [5.41, 5.74) is 1.82. The minimum atomic E-state index is -0.518. The number of ether oxygens (including phenoxy) is 1. The van der Waals surface area contributed by atoms with E-state index in [2.05, 4.69) is 25.9 Å². The molecular weight excluding hydrogens is 315 g/mol. The molecule has 0 bridgehead atoms. The first-order valence-electron chi connectivity index (χ1n) is 5.45. The van der Waals surface area contributed by atoms with Crippen molar-refractivity contribution in [1.29, 1.82) is 0 Å². The van der Waals surface area contributed by atoms with Crippen LogP contribution < -0.4 is 0 Å². The molecule has 0 aliphatic carbocycles. The molecule has 2 aromatic heterocycles. The van der Waals surface area contributed by atoms with E-state index in [4.69, 9.17) is 4.74 Å². The highest BCUT2D eigenvalue weighted by Gasteiger charge is 2.18. The molecule has 0 fully saturated rings. The number of carbonyl (C=O) groups is 1. The number of nitrogens with zero attached hydrogens (tertiary/aromatic N) is 1. The third-order valence-corrected chi connectivity index (χ3v) is 3.34. The number of methoxy groups -OCH3 is 1. The number of H-pyrrole nitrogens is 1. The first kappa shape index (κ1) is 12.1. The van der Waals surface area contributed by atoms with Gasteiger partial charge in [-0.2, -0.15) is 0 Å². The number of nitrogens with one attached hydrogen (secondary N) is 1. The van der Waals surface area contributed by atoms with Gasteiger partial charge in [0.25, 0.3) is 0 Å². The number of aromatic nitrogens is 2. The van der Waals surface area contributed by atoms with Gasteiger partial charge in [-0.25, -0.2) is 9.18 Å². The van der Waals surface area contributed by atoms with Crippen LogP contribution in [0.4, 0.5) is 4.39 Å². The summed E-state index contributed by atoms with van der Waals surface area (Å²) >= 11 is 3.30. The molecule has 2 heterocycles. The number of fused-ring (bicyclic) bond motifs is 3. The van der Waals surface area contributed by atoms with Crippen molar-refractivity contribution in [1.82, 2.24) is 9.97 Å². The zero-order valence-electron chi connectivity index (χ0n) is 9.83. The Labute approximate surface area is 115 Å². The minimum absolute atomic E-state index is 0.285. The van der Waals surface area contributed by atoms with Crippen molar-refractivity contribution in [3.8, 4) is 0 Å². The maximum absolute atomic E-state index is 14.0. The summed E-state index contributed by atoms with van der Waals surface area (Å²) in [7, 11) is 1.29. The van der Waals surface area contributed by atoms with Crippen molar-refractivity contribution in [2.75, 3.05) is 7.11 Å². The van der Waals surface area contributed by atoms with Crippen LogP contribution in [0.5, 0.6) is 0 Å². The number of rotatable bonds is 1. The van der Waals surface area contributed by atoms with Crippen LogP contribution in [0.2, 0.25) is 0 Å². The van der Waals surface area contributed by atoms with E-state index in [-0.39, 0.29) is 5.56 Å². The van der Waals surface area contributed by atoms with Gasteiger partial charge in [-0.05, 0) is 34.1 Å². The Bertz CT molecular complexity index is 813. The van der Waals surface area contributed by atoms with Crippen molar-refractivity contribution in [3.05, 3.63) is 40.2 Å². The number of carbonyl (C=O) groups excluding carboxylic acids is 1. The minimum Gasteiger partial charge on any atom is -0.465 e. The maximum atomic E-state index is 14.0. The Balaban J connectivity index is 2.47. The Morgan fingerprint density at radius 2 is 2.26 bits per heavy atom. The van der Waals surface area contributed by atoms with Crippen LogP contribution in [0, 0.1) is 5.82 Å². The lowest BCUT2D eigenvalue weighted by atomic mass is 10.1. The standard InChI is InChI=1S/C13H8BrFN2O2/c1-19-13(18)7-2-3-8(15)10-11(7)17-9-4-6(14)5-16-12(9)10/h2-5,17H,1H3. The molecule has 0 unspecified atom stereocenters. The lowest BCUT2D eigenvalue weighted by Crippen LogP contribution is -2.02. The Morgan fingerprint density at radius 3 is 3.00 bits per heavy atom. The monoisotopic (exact) mass is 322 g/mol. The molecule has 0 spiro atoms. The van der Waals surface area contributed by atoms with E-state index < -0.39 is 11.8 Å². The van der Waals surface area contributed by atoms with E-state index in [0.29, 0.717) is 21.9 Å². The molecule has 0 radical (unpaired) electrons. The average Bonchev–Trinajstić information content (AvgIpc) is 2.77. The number of aromatic amines is 1. The Hall–Kier alpha value is -1.95. The Kier molecular flexibility index (Phi) is 2.74. The van der Waals surface area contributed by atoms with Crippen LogP contribution >= 0.6 is 15.9 Å². The number of pyridine rings is 1. The maximum Gasteiger partial charge on any atom is 0.340 e. The fourth-order valence-corrected chi connectivity index (χ4v) is 2.42. The van der Waals surface area contributed by atoms with Crippen LogP contribution in [0.25, 0.3) is 21.9 Å². The molecule has 4 nitrogen and oxygen atoms in total. The second-order valence-electron chi connectivity index (χ2n) is 4.01. The number of esters is 1. The van der Waals surface area contributed by atoms with Gasteiger partial charge in [0.1, 0.15) is 5.82 Å². The van der Waals surface area contributed by atoms with Crippen molar-refractivity contribution in [3.63, 3.8) is 0 Å². The summed E-state index contributed by atoms with van der Waals surface area (Å²) < 4.78 is 19.4. The highest BCUT2D eigenvalue weighted by Crippen LogP contribution is 2.30. The summed E-state index contributed by atoms with van der Waals surface area (Å²) in [5.74, 6) is -0.945. The van der Waals surface area contributed by atoms with Gasteiger partial charge in [0.15, 0.2) is 0 Å². The summed E-state index contributed by atoms with van der Waals surface area (Å²) in [6.07, 6.45) is 1.58. The molecule has 0 saturated carbocycles. The normalized spacial score (nSPS) is 11.1. The summed E-state index contributed by atoms with van der Waals surface area (Å²) in [6, 6.07) is 4.42. The van der Waals surface area contributed by atoms with E-state index in [0.717, 1.165) is 4.47 Å². The third-order valence-electron chi connectivity index (χ3n) is 2.91. The molecule has 19 heavy (non-hydrogen) atoms. The van der Waals surface area contributed by atoms with Crippen LogP contribution in [0.3, 0.4) is 0 Å². The first-order valence-corrected chi connectivity index (χ1v) is 6.25. The van der Waals surface area contributed by atoms with Gasteiger partial charge in [-0.3, -0.25) is 4.98 Å². The van der Waals surface area contributed by atoms with Gasteiger partial charge in [0.2, 0.25) is 0 Å². The van der Waals surface area contributed by atoms with Crippen LogP contribution in [0.1, 0.15) is 10.4 Å². The molecular formula is C13H8BrFN2O2. The molecule has 0 saturated heterocycles. The predicted octanol–water partition coefficient (Wildman–Crippen LogP) is 3.40. The van der Waals surface area contributed by atoms with Crippen molar-refractivity contribution >= 4 is 43.8 Å². The largest absolute Gasteiger partial charge is 0.465 e. The van der Waals surface area contributed by atoms with Crippen LogP contribution in [0.15, 0.2) is 28.9 Å². The van der Waals surface area contributed by atoms with Crippen molar-refractivity contribution < 1.29 is 13.9 Å². The number of hydrogen-bond acceptors (Lipinski definition) is 3. The van der Waals surface area contributed by atoms with Crippen molar-refractivity contribution in [2.45, 2.75) is 0 Å². The van der Waals surface area contributed by atoms with E-state index in [9.17, 15) is 9.18 Å². The molecule has 0 amide bonds. The zero-order valence-corrected chi connectivity index (χ0v) is 11.4. The molecule has 3 aromatic rings. The van der Waals surface area contributed by atoms with E-state index >= 15 is 0 Å². The van der Waals surface area contributed by atoms with Crippen LogP contribution in [-0.4, -0.2) is 23.0 Å². The molecule has 96 valence electrons. The number of hydrogen-bond donors (Lipinski definition) is 1. The quantitative estimate of drug-likeness (QED) is 0.698. The molecule has 0 aliphatic rings. The average molecular weight is 323 g/mol. The van der Waals surface area contributed by atoms with Crippen LogP contribution in [-0.2, 0) is 4.74 Å². The van der Waals surface area contributed by atoms with Gasteiger partial charge in [0.05, 0.1) is 34.6 Å². The van der Waals surface area contributed by atoms with Crippen molar-refractivity contribution in [2.24, 2.45) is 0 Å². The third kappa shape index (κ3) is 1.79. The molecule has 6 heteroatoms. The molecule has 1 aromatic carbocycles. The van der Waals surface area contributed by atoms with Gasteiger partial charge < -0.3 is 9.72 Å². The molecule has 3 rings (SSSR count). The second-order valence-corrected chi connectivity index (χ2v) is 4.93.